The Bertz CT molecular complexity index is 1050. The van der Waals surface area contributed by atoms with Crippen LogP contribution in [-0.2, 0) is 0 Å². The summed E-state index contributed by atoms with van der Waals surface area (Å²) in [5.74, 6) is 2.66. The molecule has 2 N–H and O–H groups in total. The van der Waals surface area contributed by atoms with Crippen molar-refractivity contribution < 1.29 is 19.4 Å². The van der Waals surface area contributed by atoms with Crippen molar-refractivity contribution in [2.45, 2.75) is 57.3 Å². The van der Waals surface area contributed by atoms with Gasteiger partial charge >= 0.3 is 0 Å². The van der Waals surface area contributed by atoms with Gasteiger partial charge in [-0.15, -0.1) is 0 Å². The number of ether oxygens (including phenoxy) is 2. The Balaban J connectivity index is 1.37. The second-order valence-electron chi connectivity index (χ2n) is 9.68. The van der Waals surface area contributed by atoms with Crippen molar-refractivity contribution in [2.75, 3.05) is 25.1 Å². The van der Waals surface area contributed by atoms with Crippen molar-refractivity contribution in [3.8, 4) is 11.6 Å². The van der Waals surface area contributed by atoms with Crippen LogP contribution in [0.2, 0.25) is 5.02 Å². The van der Waals surface area contributed by atoms with Gasteiger partial charge in [-0.2, -0.15) is 4.98 Å². The summed E-state index contributed by atoms with van der Waals surface area (Å²) in [6.07, 6.45) is 5.06. The van der Waals surface area contributed by atoms with E-state index in [2.05, 4.69) is 15.2 Å². The molecule has 1 saturated heterocycles. The van der Waals surface area contributed by atoms with Crippen molar-refractivity contribution in [3.05, 3.63) is 40.5 Å². The summed E-state index contributed by atoms with van der Waals surface area (Å²) in [6, 6.07) is 5.50. The molecule has 3 atom stereocenters. The smallest absolute Gasteiger partial charge is 0.258 e. The van der Waals surface area contributed by atoms with Gasteiger partial charge < -0.3 is 24.8 Å². The predicted molar refractivity (Wildman–Crippen MR) is 129 cm³/mol. The maximum absolute atomic E-state index is 13.2. The Hall–Kier alpha value is -2.58. The van der Waals surface area contributed by atoms with Crippen molar-refractivity contribution >= 4 is 23.5 Å². The fraction of sp³-hybridized carbons (Fsp3) is 0.560. The number of carbonyl (C=O) groups is 1. The zero-order chi connectivity index (χ0) is 23.8. The van der Waals surface area contributed by atoms with Gasteiger partial charge in [0.15, 0.2) is 0 Å². The number of aliphatic hydroxyl groups is 1. The van der Waals surface area contributed by atoms with E-state index in [1.807, 2.05) is 13.0 Å². The molecule has 8 nitrogen and oxygen atoms in total. The summed E-state index contributed by atoms with van der Waals surface area (Å²) in [5, 5.41) is 13.3. The topological polar surface area (TPSA) is 96.8 Å². The molecular weight excluding hydrogens is 456 g/mol. The van der Waals surface area contributed by atoms with E-state index >= 15 is 0 Å². The summed E-state index contributed by atoms with van der Waals surface area (Å²) in [4.78, 5) is 24.6. The van der Waals surface area contributed by atoms with Gasteiger partial charge in [0.25, 0.3) is 5.91 Å². The molecule has 1 amide bonds. The number of amides is 1. The van der Waals surface area contributed by atoms with Crippen molar-refractivity contribution in [3.63, 3.8) is 0 Å². The lowest BCUT2D eigenvalue weighted by atomic mass is 9.93. The largest absolute Gasteiger partial charge is 0.495 e. The number of fused-ring (bicyclic) bond motifs is 1. The normalized spacial score (nSPS) is 26.5. The number of hydrogen-bond acceptors (Lipinski definition) is 7. The fourth-order valence-electron chi connectivity index (χ4n) is 4.97. The van der Waals surface area contributed by atoms with Crippen molar-refractivity contribution in [2.24, 2.45) is 11.8 Å². The van der Waals surface area contributed by atoms with Crippen LogP contribution >= 0.6 is 11.6 Å². The predicted octanol–water partition coefficient (Wildman–Crippen LogP) is 3.77. The number of nitrogens with one attached hydrogen (secondary N) is 1. The molecule has 34 heavy (non-hydrogen) atoms. The van der Waals surface area contributed by atoms with Gasteiger partial charge in [-0.3, -0.25) is 4.79 Å². The van der Waals surface area contributed by atoms with Crippen molar-refractivity contribution in [1.29, 1.82) is 0 Å². The van der Waals surface area contributed by atoms with E-state index in [0.717, 1.165) is 43.3 Å². The highest BCUT2D eigenvalue weighted by atomic mass is 35.5. The number of carbonyl (C=O) groups excluding carboxylic acids is 1. The molecule has 3 fully saturated rings. The molecule has 3 unspecified atom stereocenters. The second-order valence-corrected chi connectivity index (χ2v) is 10.1. The minimum Gasteiger partial charge on any atom is -0.495 e. The molecule has 2 heterocycles. The van der Waals surface area contributed by atoms with E-state index in [4.69, 9.17) is 26.1 Å². The number of aliphatic hydroxyl groups excluding tert-OH is 1. The standard InChI is InChI=1S/C25H31ClN4O4/c1-14(15-3-8-22(33-2)21(26)10-15)34-24-20(23(32)28-18-4-6-19(31)7-5-18)11-27-25(29-24)30-12-16-9-17(16)13-30/h3,8,10-11,14,16-19,31H,4-7,9,12-13H2,1-2H3,(H,28,32)/t14?,16?,17?,18-,19-. The molecule has 5 rings (SSSR count). The number of piperidine rings is 1. The van der Waals surface area contributed by atoms with Crippen LogP contribution in [0.5, 0.6) is 11.6 Å². The molecule has 2 saturated carbocycles. The molecule has 2 aliphatic carbocycles. The van der Waals surface area contributed by atoms with Gasteiger partial charge in [0.05, 0.1) is 18.2 Å². The summed E-state index contributed by atoms with van der Waals surface area (Å²) < 4.78 is 11.5. The third-order valence-corrected chi connectivity index (χ3v) is 7.51. The number of halogens is 1. The SMILES string of the molecule is COc1ccc(C(C)Oc2nc(N3CC4CC4C3)ncc2C(=O)N[C@H]2CC[C@H](O)CC2)cc1Cl. The minimum absolute atomic E-state index is 0.0203. The van der Waals surface area contributed by atoms with E-state index < -0.39 is 6.10 Å². The van der Waals surface area contributed by atoms with Crippen LogP contribution in [0.1, 0.15) is 61.1 Å². The Morgan fingerprint density at radius 3 is 2.65 bits per heavy atom. The lowest BCUT2D eigenvalue weighted by Crippen LogP contribution is -2.39. The lowest BCUT2D eigenvalue weighted by Gasteiger charge is -2.26. The third-order valence-electron chi connectivity index (χ3n) is 7.21. The molecule has 2 aromatic rings. The monoisotopic (exact) mass is 486 g/mol. The van der Waals surface area contributed by atoms with Gasteiger partial charge in [-0.05, 0) is 68.6 Å². The van der Waals surface area contributed by atoms with Crippen molar-refractivity contribution in [1.82, 2.24) is 15.3 Å². The van der Waals surface area contributed by atoms with Crippen LogP contribution in [-0.4, -0.2) is 53.3 Å². The third kappa shape index (κ3) is 4.93. The van der Waals surface area contributed by atoms with Gasteiger partial charge in [0.2, 0.25) is 11.8 Å². The molecule has 0 radical (unpaired) electrons. The zero-order valence-corrected chi connectivity index (χ0v) is 20.3. The van der Waals surface area contributed by atoms with E-state index in [-0.39, 0.29) is 23.9 Å². The average molecular weight is 487 g/mol. The Morgan fingerprint density at radius 2 is 1.97 bits per heavy atom. The van der Waals surface area contributed by atoms with E-state index in [9.17, 15) is 9.90 Å². The molecular formula is C25H31ClN4O4. The average Bonchev–Trinajstić information content (AvgIpc) is 3.44. The zero-order valence-electron chi connectivity index (χ0n) is 19.5. The maximum atomic E-state index is 13.2. The summed E-state index contributed by atoms with van der Waals surface area (Å²) in [5.41, 5.74) is 1.16. The van der Waals surface area contributed by atoms with Crippen LogP contribution < -0.4 is 19.7 Å². The Morgan fingerprint density at radius 1 is 1.24 bits per heavy atom. The molecule has 1 aromatic carbocycles. The number of benzene rings is 1. The van der Waals surface area contributed by atoms with Gasteiger partial charge in [-0.1, -0.05) is 17.7 Å². The number of anilines is 1. The second kappa shape index (κ2) is 9.58. The van der Waals surface area contributed by atoms with Gasteiger partial charge in [-0.25, -0.2) is 4.98 Å². The van der Waals surface area contributed by atoms with E-state index in [1.54, 1.807) is 25.4 Å². The van der Waals surface area contributed by atoms with E-state index in [0.29, 0.717) is 35.1 Å². The first-order valence-electron chi connectivity index (χ1n) is 12.0. The molecule has 0 bridgehead atoms. The number of hydrogen-bond donors (Lipinski definition) is 2. The molecule has 3 aliphatic rings. The molecule has 1 aromatic heterocycles. The molecule has 1 aliphatic heterocycles. The first-order valence-corrected chi connectivity index (χ1v) is 12.4. The molecule has 9 heteroatoms. The first kappa shape index (κ1) is 23.2. The minimum atomic E-state index is -0.394. The lowest BCUT2D eigenvalue weighted by molar-refractivity contribution is 0.0860. The van der Waals surface area contributed by atoms with Crippen LogP contribution in [0.4, 0.5) is 5.95 Å². The van der Waals surface area contributed by atoms with Gasteiger partial charge in [0, 0.05) is 25.3 Å². The van der Waals surface area contributed by atoms with Crippen LogP contribution in [0.15, 0.2) is 24.4 Å². The first-order chi connectivity index (χ1) is 16.4. The van der Waals surface area contributed by atoms with Gasteiger partial charge in [0.1, 0.15) is 17.4 Å². The number of aromatic nitrogens is 2. The Labute approximate surface area is 204 Å². The Kier molecular flexibility index (Phi) is 6.53. The number of nitrogens with zero attached hydrogens (tertiary/aromatic N) is 3. The number of rotatable bonds is 7. The van der Waals surface area contributed by atoms with Crippen LogP contribution in [0.25, 0.3) is 0 Å². The van der Waals surface area contributed by atoms with E-state index in [1.165, 1.54) is 6.42 Å². The highest BCUT2D eigenvalue weighted by Gasteiger charge is 2.46. The fourth-order valence-corrected chi connectivity index (χ4v) is 5.24. The quantitative estimate of drug-likeness (QED) is 0.614. The highest BCUT2D eigenvalue weighted by molar-refractivity contribution is 6.32. The summed E-state index contributed by atoms with van der Waals surface area (Å²) in [6.45, 7) is 3.79. The molecule has 182 valence electrons. The summed E-state index contributed by atoms with van der Waals surface area (Å²) in [7, 11) is 1.57. The number of methoxy groups -OCH3 is 1. The maximum Gasteiger partial charge on any atom is 0.258 e. The van der Waals surface area contributed by atoms with Crippen LogP contribution in [0, 0.1) is 11.8 Å². The van der Waals surface area contributed by atoms with Crippen LogP contribution in [0.3, 0.4) is 0 Å². The summed E-state index contributed by atoms with van der Waals surface area (Å²) >= 11 is 6.31. The highest BCUT2D eigenvalue weighted by Crippen LogP contribution is 2.46. The molecule has 0 spiro atoms.